The van der Waals surface area contributed by atoms with Crippen LogP contribution in [0.3, 0.4) is 0 Å². The smallest absolute Gasteiger partial charge is 0.270 e. The molecule has 2 aromatic carbocycles. The van der Waals surface area contributed by atoms with Gasteiger partial charge in [-0.2, -0.15) is 0 Å². The molecule has 0 aliphatic carbocycles. The highest BCUT2D eigenvalue weighted by Gasteiger charge is 2.32. The van der Waals surface area contributed by atoms with Crippen molar-refractivity contribution < 1.29 is 18.1 Å². The molecule has 0 bridgehead atoms. The van der Waals surface area contributed by atoms with Crippen molar-refractivity contribution in [1.82, 2.24) is 9.21 Å². The van der Waals surface area contributed by atoms with E-state index in [-0.39, 0.29) is 21.4 Å². The predicted octanol–water partition coefficient (Wildman–Crippen LogP) is 3.11. The van der Waals surface area contributed by atoms with E-state index in [9.17, 15) is 23.3 Å². The molecule has 1 heterocycles. The van der Waals surface area contributed by atoms with E-state index in [1.54, 1.807) is 12.1 Å². The summed E-state index contributed by atoms with van der Waals surface area (Å²) in [5, 5.41) is 11.5. The molecule has 0 saturated carbocycles. The fourth-order valence-corrected chi connectivity index (χ4v) is 4.78. The lowest BCUT2D eigenvalue weighted by Gasteiger charge is -2.16. The van der Waals surface area contributed by atoms with Gasteiger partial charge in [0.25, 0.3) is 11.6 Å². The largest absolute Gasteiger partial charge is 0.286 e. The van der Waals surface area contributed by atoms with Gasteiger partial charge in [0.2, 0.25) is 10.0 Å². The summed E-state index contributed by atoms with van der Waals surface area (Å²) < 4.78 is 25.9. The van der Waals surface area contributed by atoms with Crippen LogP contribution in [0.5, 0.6) is 0 Å². The van der Waals surface area contributed by atoms with Gasteiger partial charge in [-0.3, -0.25) is 19.8 Å². The zero-order valence-electron chi connectivity index (χ0n) is 16.5. The van der Waals surface area contributed by atoms with E-state index in [1.807, 2.05) is 6.92 Å². The van der Waals surface area contributed by atoms with Crippen molar-refractivity contribution in [3.05, 3.63) is 64.2 Å². The van der Waals surface area contributed by atoms with Gasteiger partial charge < -0.3 is 0 Å². The SMILES string of the molecule is CC1CN(C(=O)c2cccc([N+](=O)[O-])c2)C(=Nc2cccc(S(=O)(=O)N(C)C)c2)S1. The Balaban J connectivity index is 1.95. The van der Waals surface area contributed by atoms with Crippen LogP contribution in [0.2, 0.25) is 0 Å². The number of rotatable bonds is 5. The van der Waals surface area contributed by atoms with Crippen molar-refractivity contribution in [3.63, 3.8) is 0 Å². The number of amides is 1. The average Bonchev–Trinajstić information content (AvgIpc) is 3.07. The van der Waals surface area contributed by atoms with Crippen LogP contribution in [0.15, 0.2) is 58.4 Å². The summed E-state index contributed by atoms with van der Waals surface area (Å²) in [6.45, 7) is 2.33. The van der Waals surface area contributed by atoms with Crippen LogP contribution in [0.1, 0.15) is 17.3 Å². The monoisotopic (exact) mass is 448 g/mol. The number of nitro groups is 1. The highest BCUT2D eigenvalue weighted by molar-refractivity contribution is 8.14. The number of carbonyl (C=O) groups is 1. The first-order valence-electron chi connectivity index (χ1n) is 8.94. The van der Waals surface area contributed by atoms with Crippen LogP contribution < -0.4 is 0 Å². The van der Waals surface area contributed by atoms with Crippen molar-refractivity contribution in [2.24, 2.45) is 4.99 Å². The van der Waals surface area contributed by atoms with E-state index < -0.39 is 20.9 Å². The summed E-state index contributed by atoms with van der Waals surface area (Å²) in [6, 6.07) is 11.7. The standard InChI is InChI=1S/C19H20N4O5S2/c1-13-12-22(18(24)14-6-4-8-16(10-14)23(25)26)19(29-13)20-15-7-5-9-17(11-15)30(27,28)21(2)3/h4-11,13H,12H2,1-3H3. The van der Waals surface area contributed by atoms with Gasteiger partial charge in [-0.1, -0.05) is 30.8 Å². The Labute approximate surface area is 178 Å². The van der Waals surface area contributed by atoms with Crippen molar-refractivity contribution in [2.75, 3.05) is 20.6 Å². The van der Waals surface area contributed by atoms with Gasteiger partial charge in [0.15, 0.2) is 5.17 Å². The topological polar surface area (TPSA) is 113 Å². The molecule has 0 N–H and O–H groups in total. The third-order valence-corrected chi connectivity index (χ3v) is 7.23. The van der Waals surface area contributed by atoms with E-state index >= 15 is 0 Å². The lowest BCUT2D eigenvalue weighted by molar-refractivity contribution is -0.384. The Morgan fingerprint density at radius 3 is 2.60 bits per heavy atom. The summed E-state index contributed by atoms with van der Waals surface area (Å²) in [7, 11) is -0.724. The number of sulfonamides is 1. The molecular weight excluding hydrogens is 428 g/mol. The minimum atomic E-state index is -3.62. The predicted molar refractivity (Wildman–Crippen MR) is 116 cm³/mol. The summed E-state index contributed by atoms with van der Waals surface area (Å²) in [5.74, 6) is -0.397. The Hall–Kier alpha value is -2.76. The maximum atomic E-state index is 13.0. The first-order chi connectivity index (χ1) is 14.1. The van der Waals surface area contributed by atoms with E-state index in [1.165, 1.54) is 67.2 Å². The zero-order chi connectivity index (χ0) is 22.1. The van der Waals surface area contributed by atoms with Crippen molar-refractivity contribution in [1.29, 1.82) is 0 Å². The van der Waals surface area contributed by atoms with Crippen LogP contribution in [0, 0.1) is 10.1 Å². The molecule has 30 heavy (non-hydrogen) atoms. The Morgan fingerprint density at radius 1 is 1.23 bits per heavy atom. The first-order valence-corrected chi connectivity index (χ1v) is 11.3. The van der Waals surface area contributed by atoms with Gasteiger partial charge in [-0.25, -0.2) is 17.7 Å². The number of nitrogens with zero attached hydrogens (tertiary/aromatic N) is 4. The molecule has 1 aliphatic rings. The van der Waals surface area contributed by atoms with E-state index in [4.69, 9.17) is 0 Å². The second kappa shape index (κ2) is 8.54. The average molecular weight is 449 g/mol. The number of non-ortho nitro benzene ring substituents is 1. The summed E-state index contributed by atoms with van der Waals surface area (Å²) in [4.78, 5) is 29.5. The van der Waals surface area contributed by atoms with Crippen LogP contribution in [-0.4, -0.2) is 59.5 Å². The van der Waals surface area contributed by atoms with Gasteiger partial charge in [0.05, 0.1) is 15.5 Å². The number of nitro benzene ring substituents is 1. The molecule has 11 heteroatoms. The van der Waals surface area contributed by atoms with Crippen molar-refractivity contribution >= 4 is 44.2 Å². The van der Waals surface area contributed by atoms with E-state index in [0.29, 0.717) is 17.4 Å². The molecule has 1 unspecified atom stereocenters. The molecule has 0 aromatic heterocycles. The molecular formula is C19H20N4O5S2. The van der Waals surface area contributed by atoms with Gasteiger partial charge in [-0.15, -0.1) is 0 Å². The van der Waals surface area contributed by atoms with Crippen molar-refractivity contribution in [2.45, 2.75) is 17.1 Å². The maximum Gasteiger partial charge on any atom is 0.270 e. The molecule has 1 fully saturated rings. The molecule has 1 aliphatic heterocycles. The number of amidine groups is 1. The maximum absolute atomic E-state index is 13.0. The van der Waals surface area contributed by atoms with Gasteiger partial charge in [0.1, 0.15) is 0 Å². The molecule has 158 valence electrons. The molecule has 3 rings (SSSR count). The molecule has 9 nitrogen and oxygen atoms in total. The van der Waals surface area contributed by atoms with Crippen LogP contribution in [0.4, 0.5) is 11.4 Å². The normalized spacial score (nSPS) is 18.2. The molecule has 2 aromatic rings. The minimum absolute atomic E-state index is 0.0695. The third kappa shape index (κ3) is 4.53. The fraction of sp³-hybridized carbons (Fsp3) is 0.263. The van der Waals surface area contributed by atoms with Gasteiger partial charge in [-0.05, 0) is 24.3 Å². The number of thioether (sulfide) groups is 1. The van der Waals surface area contributed by atoms with E-state index in [0.717, 1.165) is 4.31 Å². The second-order valence-corrected chi connectivity index (χ2v) is 10.4. The summed E-state index contributed by atoms with van der Waals surface area (Å²) >= 11 is 1.38. The van der Waals surface area contributed by atoms with Gasteiger partial charge in [0, 0.05) is 43.6 Å². The Kier molecular flexibility index (Phi) is 6.25. The Bertz CT molecular complexity index is 1130. The molecule has 1 amide bonds. The first kappa shape index (κ1) is 21.9. The molecule has 1 saturated heterocycles. The summed E-state index contributed by atoms with van der Waals surface area (Å²) in [6.07, 6.45) is 0. The Morgan fingerprint density at radius 2 is 1.93 bits per heavy atom. The van der Waals surface area contributed by atoms with Crippen molar-refractivity contribution in [3.8, 4) is 0 Å². The number of hydrogen-bond donors (Lipinski definition) is 0. The number of benzene rings is 2. The summed E-state index contributed by atoms with van der Waals surface area (Å²) in [5.41, 5.74) is 0.419. The van der Waals surface area contributed by atoms with Crippen LogP contribution in [-0.2, 0) is 10.0 Å². The highest BCUT2D eigenvalue weighted by atomic mass is 32.2. The van der Waals surface area contributed by atoms with Crippen LogP contribution >= 0.6 is 11.8 Å². The number of aliphatic imine (C=N–C) groups is 1. The molecule has 0 radical (unpaired) electrons. The lowest BCUT2D eigenvalue weighted by Crippen LogP contribution is -2.32. The van der Waals surface area contributed by atoms with Crippen LogP contribution in [0.25, 0.3) is 0 Å². The van der Waals surface area contributed by atoms with E-state index in [2.05, 4.69) is 4.99 Å². The number of hydrogen-bond acceptors (Lipinski definition) is 7. The second-order valence-electron chi connectivity index (χ2n) is 6.83. The third-order valence-electron chi connectivity index (χ3n) is 4.35. The van der Waals surface area contributed by atoms with Gasteiger partial charge >= 0.3 is 0 Å². The molecule has 0 spiro atoms. The highest BCUT2D eigenvalue weighted by Crippen LogP contribution is 2.30. The molecule has 1 atom stereocenters. The lowest BCUT2D eigenvalue weighted by atomic mass is 10.2. The quantitative estimate of drug-likeness (QED) is 0.513. The minimum Gasteiger partial charge on any atom is -0.286 e. The fourth-order valence-electron chi connectivity index (χ4n) is 2.82. The number of carbonyl (C=O) groups excluding carboxylic acids is 1. The zero-order valence-corrected chi connectivity index (χ0v) is 18.2.